The van der Waals surface area contributed by atoms with Crippen molar-refractivity contribution in [2.45, 2.75) is 32.3 Å². The molecule has 1 aliphatic heterocycles. The standard InChI is InChI=1S/C23H21N5O3S/c1-23(2)29-11-14(31-23)10-28-9-13(6-27-28)17-7-26-22(24)21-16(17)5-19(30-21)18-12-32-20-8-25-4-3-15(18)20/h3-9,12,14H,10-11H2,1-2H3,(H2,24,26)/t14-/m1/s1. The predicted molar refractivity (Wildman–Crippen MR) is 123 cm³/mol. The van der Waals surface area contributed by atoms with Crippen molar-refractivity contribution in [3.63, 3.8) is 0 Å². The Balaban J connectivity index is 1.38. The van der Waals surface area contributed by atoms with E-state index in [2.05, 4.69) is 20.4 Å². The molecule has 1 atom stereocenters. The summed E-state index contributed by atoms with van der Waals surface area (Å²) in [5.41, 5.74) is 9.61. The molecule has 0 saturated carbocycles. The van der Waals surface area contributed by atoms with Crippen molar-refractivity contribution in [3.05, 3.63) is 48.5 Å². The van der Waals surface area contributed by atoms with Gasteiger partial charge in [0.15, 0.2) is 17.2 Å². The van der Waals surface area contributed by atoms with E-state index in [1.807, 2.05) is 49.3 Å². The summed E-state index contributed by atoms with van der Waals surface area (Å²) in [6.45, 7) is 5.00. The minimum atomic E-state index is -0.553. The number of hydrogen-bond donors (Lipinski definition) is 1. The summed E-state index contributed by atoms with van der Waals surface area (Å²) in [5.74, 6) is 0.565. The molecular formula is C23H21N5O3S. The zero-order valence-electron chi connectivity index (χ0n) is 17.6. The van der Waals surface area contributed by atoms with Crippen LogP contribution in [0.1, 0.15) is 13.8 Å². The highest BCUT2D eigenvalue weighted by molar-refractivity contribution is 7.17. The van der Waals surface area contributed by atoms with E-state index in [0.717, 1.165) is 37.9 Å². The molecule has 162 valence electrons. The summed E-state index contributed by atoms with van der Waals surface area (Å²) >= 11 is 1.64. The van der Waals surface area contributed by atoms with Crippen molar-refractivity contribution in [2.75, 3.05) is 12.3 Å². The number of nitrogens with two attached hydrogens (primary N) is 1. The van der Waals surface area contributed by atoms with Crippen molar-refractivity contribution in [2.24, 2.45) is 0 Å². The lowest BCUT2D eigenvalue weighted by Gasteiger charge is -2.16. The molecule has 1 fully saturated rings. The Labute approximate surface area is 187 Å². The number of nitrogen functional groups attached to an aromatic ring is 1. The normalized spacial score (nSPS) is 18.1. The van der Waals surface area contributed by atoms with Gasteiger partial charge in [0.2, 0.25) is 0 Å². The number of hydrogen-bond acceptors (Lipinski definition) is 8. The van der Waals surface area contributed by atoms with Crippen LogP contribution in [-0.2, 0) is 16.0 Å². The predicted octanol–water partition coefficient (Wildman–Crippen LogP) is 4.70. The molecule has 32 heavy (non-hydrogen) atoms. The largest absolute Gasteiger partial charge is 0.452 e. The van der Waals surface area contributed by atoms with Crippen LogP contribution in [0.2, 0.25) is 0 Å². The molecule has 0 spiro atoms. The van der Waals surface area contributed by atoms with E-state index in [-0.39, 0.29) is 6.10 Å². The van der Waals surface area contributed by atoms with E-state index in [1.54, 1.807) is 23.7 Å². The molecule has 5 aromatic heterocycles. The molecule has 0 amide bonds. The van der Waals surface area contributed by atoms with E-state index in [9.17, 15) is 0 Å². The minimum absolute atomic E-state index is 0.0378. The maximum absolute atomic E-state index is 6.19. The molecule has 0 aliphatic carbocycles. The van der Waals surface area contributed by atoms with Crippen molar-refractivity contribution in [1.82, 2.24) is 19.7 Å². The second kappa shape index (κ2) is 7.13. The second-order valence-electron chi connectivity index (χ2n) is 8.33. The number of pyridine rings is 2. The summed E-state index contributed by atoms with van der Waals surface area (Å²) in [6, 6.07) is 4.02. The van der Waals surface area contributed by atoms with Crippen LogP contribution in [0.15, 0.2) is 52.9 Å². The molecular weight excluding hydrogens is 426 g/mol. The van der Waals surface area contributed by atoms with Crippen molar-refractivity contribution in [1.29, 1.82) is 0 Å². The third-order valence-electron chi connectivity index (χ3n) is 5.63. The maximum atomic E-state index is 6.19. The average Bonchev–Trinajstić information content (AvgIpc) is 3.54. The van der Waals surface area contributed by atoms with Crippen LogP contribution >= 0.6 is 11.3 Å². The quantitative estimate of drug-likeness (QED) is 0.426. The summed E-state index contributed by atoms with van der Waals surface area (Å²) in [7, 11) is 0. The highest BCUT2D eigenvalue weighted by Gasteiger charge is 2.33. The molecule has 0 unspecified atom stereocenters. The molecule has 8 nitrogen and oxygen atoms in total. The summed E-state index contributed by atoms with van der Waals surface area (Å²) in [6.07, 6.45) is 9.20. The number of anilines is 1. The van der Waals surface area contributed by atoms with Gasteiger partial charge in [-0.2, -0.15) is 5.10 Å². The van der Waals surface area contributed by atoms with Gasteiger partial charge in [0.1, 0.15) is 11.9 Å². The number of rotatable bonds is 4. The molecule has 0 aromatic carbocycles. The molecule has 6 heterocycles. The first-order valence-corrected chi connectivity index (χ1v) is 11.2. The highest BCUT2D eigenvalue weighted by atomic mass is 32.1. The van der Waals surface area contributed by atoms with E-state index < -0.39 is 5.79 Å². The van der Waals surface area contributed by atoms with Gasteiger partial charge in [-0.3, -0.25) is 9.67 Å². The van der Waals surface area contributed by atoms with E-state index in [4.69, 9.17) is 19.6 Å². The molecule has 0 bridgehead atoms. The lowest BCUT2D eigenvalue weighted by Crippen LogP contribution is -2.24. The second-order valence-corrected chi connectivity index (χ2v) is 9.24. The summed E-state index contributed by atoms with van der Waals surface area (Å²) in [4.78, 5) is 8.57. The summed E-state index contributed by atoms with van der Waals surface area (Å²) < 4.78 is 20.7. The average molecular weight is 448 g/mol. The molecule has 2 N–H and O–H groups in total. The van der Waals surface area contributed by atoms with Gasteiger partial charge in [-0.15, -0.1) is 11.3 Å². The van der Waals surface area contributed by atoms with Crippen LogP contribution < -0.4 is 5.73 Å². The zero-order valence-corrected chi connectivity index (χ0v) is 18.4. The fraction of sp³-hybridized carbons (Fsp3) is 0.261. The molecule has 6 rings (SSSR count). The van der Waals surface area contributed by atoms with E-state index in [0.29, 0.717) is 24.6 Å². The third kappa shape index (κ3) is 3.26. The first kappa shape index (κ1) is 19.4. The van der Waals surface area contributed by atoms with Crippen molar-refractivity contribution < 1.29 is 13.9 Å². The zero-order chi connectivity index (χ0) is 21.9. The Bertz CT molecular complexity index is 1450. The SMILES string of the molecule is CC1(C)OC[C@@H](Cn2cc(-c3cnc(N)c4oc(-c5csc6cnccc56)cc34)cn2)O1. The molecule has 1 saturated heterocycles. The van der Waals surface area contributed by atoms with Crippen LogP contribution in [0, 0.1) is 0 Å². The Morgan fingerprint density at radius 2 is 2.12 bits per heavy atom. The number of thiophene rings is 1. The number of furan rings is 1. The van der Waals surface area contributed by atoms with Crippen LogP contribution in [-0.4, -0.2) is 38.2 Å². The van der Waals surface area contributed by atoms with Gasteiger partial charge in [0.05, 0.1) is 24.0 Å². The third-order valence-corrected chi connectivity index (χ3v) is 6.57. The Morgan fingerprint density at radius 1 is 1.22 bits per heavy atom. The van der Waals surface area contributed by atoms with Crippen molar-refractivity contribution in [3.8, 4) is 22.5 Å². The Kier molecular flexibility index (Phi) is 4.32. The molecule has 0 radical (unpaired) electrons. The first-order valence-electron chi connectivity index (χ1n) is 10.3. The van der Waals surface area contributed by atoms with Gasteiger partial charge in [-0.05, 0) is 26.0 Å². The van der Waals surface area contributed by atoms with Gasteiger partial charge in [0.25, 0.3) is 0 Å². The Hall–Kier alpha value is -3.27. The van der Waals surface area contributed by atoms with Crippen LogP contribution in [0.3, 0.4) is 0 Å². The van der Waals surface area contributed by atoms with E-state index >= 15 is 0 Å². The van der Waals surface area contributed by atoms with Crippen LogP contribution in [0.4, 0.5) is 5.82 Å². The minimum Gasteiger partial charge on any atom is -0.452 e. The topological polar surface area (TPSA) is 101 Å². The number of aromatic nitrogens is 4. The Morgan fingerprint density at radius 3 is 2.97 bits per heavy atom. The lowest BCUT2D eigenvalue weighted by atomic mass is 10.1. The lowest BCUT2D eigenvalue weighted by molar-refractivity contribution is -0.139. The molecule has 1 aliphatic rings. The van der Waals surface area contributed by atoms with Crippen LogP contribution in [0.25, 0.3) is 43.5 Å². The van der Waals surface area contributed by atoms with Gasteiger partial charge < -0.3 is 19.6 Å². The number of nitrogens with zero attached hydrogens (tertiary/aromatic N) is 4. The van der Waals surface area contributed by atoms with Gasteiger partial charge in [0, 0.05) is 57.6 Å². The van der Waals surface area contributed by atoms with Crippen molar-refractivity contribution >= 4 is 38.2 Å². The van der Waals surface area contributed by atoms with E-state index in [1.165, 1.54) is 0 Å². The highest BCUT2D eigenvalue weighted by Crippen LogP contribution is 2.40. The fourth-order valence-electron chi connectivity index (χ4n) is 4.14. The monoisotopic (exact) mass is 447 g/mol. The smallest absolute Gasteiger partial charge is 0.177 e. The fourth-order valence-corrected chi connectivity index (χ4v) is 5.06. The number of ether oxygens (including phenoxy) is 2. The molecule has 5 aromatic rings. The molecule has 9 heteroatoms. The number of fused-ring (bicyclic) bond motifs is 2. The maximum Gasteiger partial charge on any atom is 0.177 e. The summed E-state index contributed by atoms with van der Waals surface area (Å²) in [5, 5.41) is 8.60. The van der Waals surface area contributed by atoms with Crippen LogP contribution in [0.5, 0.6) is 0 Å². The first-order chi connectivity index (χ1) is 15.5. The van der Waals surface area contributed by atoms with Gasteiger partial charge >= 0.3 is 0 Å². The van der Waals surface area contributed by atoms with Gasteiger partial charge in [-0.25, -0.2) is 4.98 Å². The van der Waals surface area contributed by atoms with Gasteiger partial charge in [-0.1, -0.05) is 0 Å².